The van der Waals surface area contributed by atoms with E-state index in [1.807, 2.05) is 39.8 Å². The second kappa shape index (κ2) is 4.26. The number of hydrogen-bond acceptors (Lipinski definition) is 4. The average molecular weight is 249 g/mol. The molecule has 1 aromatic carbocycles. The van der Waals surface area contributed by atoms with Gasteiger partial charge in [-0.2, -0.15) is 0 Å². The lowest BCUT2D eigenvalue weighted by Crippen LogP contribution is -2.41. The van der Waals surface area contributed by atoms with Crippen molar-refractivity contribution in [3.63, 3.8) is 0 Å². The first-order valence-corrected chi connectivity index (χ1v) is 6.11. The van der Waals surface area contributed by atoms with Crippen molar-refractivity contribution < 1.29 is 14.4 Å². The van der Waals surface area contributed by atoms with Gasteiger partial charge in [-0.25, -0.2) is 0 Å². The summed E-state index contributed by atoms with van der Waals surface area (Å²) in [5.74, 6) is 0. The van der Waals surface area contributed by atoms with Crippen molar-refractivity contribution in [2.24, 2.45) is 0 Å². The summed E-state index contributed by atoms with van der Waals surface area (Å²) in [4.78, 5) is 0. The summed E-state index contributed by atoms with van der Waals surface area (Å²) in [7, 11) is -0.456. The van der Waals surface area contributed by atoms with Crippen LogP contribution in [0.2, 0.25) is 0 Å². The molecule has 98 valence electrons. The van der Waals surface area contributed by atoms with Crippen LogP contribution >= 0.6 is 0 Å². The van der Waals surface area contributed by atoms with Crippen LogP contribution < -0.4 is 11.2 Å². The molecule has 0 spiro atoms. The molecule has 1 heterocycles. The molecule has 2 rings (SSSR count). The van der Waals surface area contributed by atoms with E-state index < -0.39 is 7.12 Å². The maximum atomic E-state index is 9.07. The van der Waals surface area contributed by atoms with Crippen molar-refractivity contribution in [3.05, 3.63) is 23.8 Å². The fraction of sp³-hybridized carbons (Fsp3) is 0.538. The van der Waals surface area contributed by atoms with Gasteiger partial charge in [-0.15, -0.1) is 0 Å². The number of benzene rings is 1. The highest BCUT2D eigenvalue weighted by atomic mass is 16.7. The molecule has 0 atom stereocenters. The Morgan fingerprint density at radius 3 is 2.17 bits per heavy atom. The normalized spacial score (nSPS) is 21.3. The van der Waals surface area contributed by atoms with E-state index in [2.05, 4.69) is 0 Å². The van der Waals surface area contributed by atoms with E-state index in [1.165, 1.54) is 0 Å². The van der Waals surface area contributed by atoms with Gasteiger partial charge >= 0.3 is 7.12 Å². The number of rotatable bonds is 2. The first kappa shape index (κ1) is 13.4. The second-order valence-electron chi connectivity index (χ2n) is 5.71. The first-order chi connectivity index (χ1) is 8.27. The molecule has 1 saturated heterocycles. The summed E-state index contributed by atoms with van der Waals surface area (Å²) < 4.78 is 11.9. The molecule has 18 heavy (non-hydrogen) atoms. The van der Waals surface area contributed by atoms with Gasteiger partial charge in [0.05, 0.1) is 17.8 Å². The quantitative estimate of drug-likeness (QED) is 0.607. The lowest BCUT2D eigenvalue weighted by atomic mass is 9.77. The number of anilines is 1. The van der Waals surface area contributed by atoms with E-state index in [0.29, 0.717) is 5.69 Å². The third kappa shape index (κ3) is 2.14. The molecule has 0 saturated carbocycles. The van der Waals surface area contributed by atoms with Gasteiger partial charge in [-0.1, -0.05) is 12.1 Å². The maximum Gasteiger partial charge on any atom is 0.496 e. The van der Waals surface area contributed by atoms with Gasteiger partial charge in [-0.05, 0) is 39.3 Å². The van der Waals surface area contributed by atoms with Crippen molar-refractivity contribution >= 4 is 18.3 Å². The Bertz CT molecular complexity index is 444. The largest absolute Gasteiger partial charge is 0.496 e. The van der Waals surface area contributed by atoms with Crippen LogP contribution in [0.15, 0.2) is 18.2 Å². The molecule has 1 aliphatic rings. The number of aliphatic hydroxyl groups excluding tert-OH is 1. The van der Waals surface area contributed by atoms with Gasteiger partial charge in [-0.3, -0.25) is 0 Å². The van der Waals surface area contributed by atoms with Crippen LogP contribution in [-0.2, 0) is 15.9 Å². The Morgan fingerprint density at radius 1 is 1.17 bits per heavy atom. The minimum atomic E-state index is -0.456. The second-order valence-corrected chi connectivity index (χ2v) is 5.71. The Hall–Kier alpha value is -1.04. The highest BCUT2D eigenvalue weighted by Gasteiger charge is 2.52. The molecule has 1 fully saturated rings. The SMILES string of the molecule is CC1(C)OB(c2ccc(CO)cc2N)OC1(C)C. The summed E-state index contributed by atoms with van der Waals surface area (Å²) in [5, 5.41) is 9.07. The molecule has 0 unspecified atom stereocenters. The van der Waals surface area contributed by atoms with Crippen molar-refractivity contribution in [3.8, 4) is 0 Å². The number of hydrogen-bond donors (Lipinski definition) is 2. The van der Waals surface area contributed by atoms with Gasteiger partial charge in [0.25, 0.3) is 0 Å². The summed E-state index contributed by atoms with van der Waals surface area (Å²) in [5.41, 5.74) is 7.41. The van der Waals surface area contributed by atoms with Gasteiger partial charge in [0, 0.05) is 11.2 Å². The predicted molar refractivity (Wildman–Crippen MR) is 72.5 cm³/mol. The number of nitrogens with two attached hydrogens (primary N) is 1. The van der Waals surface area contributed by atoms with Gasteiger partial charge < -0.3 is 20.1 Å². The predicted octanol–water partition coefficient (Wildman–Crippen LogP) is 1.06. The third-order valence-electron chi connectivity index (χ3n) is 3.84. The zero-order valence-corrected chi connectivity index (χ0v) is 11.4. The fourth-order valence-corrected chi connectivity index (χ4v) is 1.91. The van der Waals surface area contributed by atoms with Gasteiger partial charge in [0.2, 0.25) is 0 Å². The van der Waals surface area contributed by atoms with E-state index in [9.17, 15) is 0 Å². The molecular formula is C13H20BNO3. The molecule has 3 N–H and O–H groups in total. The molecule has 1 aromatic rings. The van der Waals surface area contributed by atoms with E-state index in [0.717, 1.165) is 11.0 Å². The van der Waals surface area contributed by atoms with Crippen LogP contribution in [-0.4, -0.2) is 23.4 Å². The summed E-state index contributed by atoms with van der Waals surface area (Å²) in [6.45, 7) is 8.00. The molecular weight excluding hydrogens is 229 g/mol. The minimum absolute atomic E-state index is 0.0200. The molecule has 1 aliphatic heterocycles. The van der Waals surface area contributed by atoms with Crippen LogP contribution in [0.25, 0.3) is 0 Å². The van der Waals surface area contributed by atoms with Crippen LogP contribution in [0.4, 0.5) is 5.69 Å². The highest BCUT2D eigenvalue weighted by molar-refractivity contribution is 6.63. The molecule has 0 aliphatic carbocycles. The molecule has 0 aromatic heterocycles. The zero-order chi connectivity index (χ0) is 13.6. The number of nitrogen functional groups attached to an aromatic ring is 1. The van der Waals surface area contributed by atoms with Crippen molar-refractivity contribution in [2.75, 3.05) is 5.73 Å². The summed E-state index contributed by atoms with van der Waals surface area (Å²) in [6.07, 6.45) is 0. The Labute approximate surface area is 108 Å². The van der Waals surface area contributed by atoms with Crippen LogP contribution in [0.5, 0.6) is 0 Å². The van der Waals surface area contributed by atoms with Gasteiger partial charge in [0.15, 0.2) is 0 Å². The average Bonchev–Trinajstić information content (AvgIpc) is 2.47. The van der Waals surface area contributed by atoms with Crippen molar-refractivity contribution in [1.82, 2.24) is 0 Å². The van der Waals surface area contributed by atoms with Crippen LogP contribution in [0.1, 0.15) is 33.3 Å². The molecule has 0 radical (unpaired) electrons. The maximum absolute atomic E-state index is 9.07. The monoisotopic (exact) mass is 249 g/mol. The number of aliphatic hydroxyl groups is 1. The molecule has 5 heteroatoms. The van der Waals surface area contributed by atoms with Crippen LogP contribution in [0, 0.1) is 0 Å². The molecule has 0 amide bonds. The van der Waals surface area contributed by atoms with E-state index in [4.69, 9.17) is 20.1 Å². The Balaban J connectivity index is 2.30. The Kier molecular flexibility index (Phi) is 3.17. The lowest BCUT2D eigenvalue weighted by Gasteiger charge is -2.32. The van der Waals surface area contributed by atoms with Gasteiger partial charge in [0.1, 0.15) is 0 Å². The molecule has 0 bridgehead atoms. The van der Waals surface area contributed by atoms with Crippen molar-refractivity contribution in [1.29, 1.82) is 0 Å². The zero-order valence-electron chi connectivity index (χ0n) is 11.4. The smallest absolute Gasteiger partial charge is 0.399 e. The first-order valence-electron chi connectivity index (χ1n) is 6.11. The van der Waals surface area contributed by atoms with E-state index in [-0.39, 0.29) is 17.8 Å². The van der Waals surface area contributed by atoms with Crippen LogP contribution in [0.3, 0.4) is 0 Å². The minimum Gasteiger partial charge on any atom is -0.399 e. The topological polar surface area (TPSA) is 64.7 Å². The van der Waals surface area contributed by atoms with Crippen molar-refractivity contribution in [2.45, 2.75) is 45.5 Å². The fourth-order valence-electron chi connectivity index (χ4n) is 1.91. The van der Waals surface area contributed by atoms with E-state index >= 15 is 0 Å². The Morgan fingerprint density at radius 2 is 1.72 bits per heavy atom. The lowest BCUT2D eigenvalue weighted by molar-refractivity contribution is 0.00578. The molecule has 4 nitrogen and oxygen atoms in total. The van der Waals surface area contributed by atoms with E-state index in [1.54, 1.807) is 6.07 Å². The third-order valence-corrected chi connectivity index (χ3v) is 3.84. The highest BCUT2D eigenvalue weighted by Crippen LogP contribution is 2.36. The standard InChI is InChI=1S/C13H20BNO3/c1-12(2)13(3,4)18-14(17-12)10-6-5-9(8-16)7-11(10)15/h5-7,16H,8,15H2,1-4H3. The summed E-state index contributed by atoms with van der Waals surface area (Å²) in [6, 6.07) is 5.43. The summed E-state index contributed by atoms with van der Waals surface area (Å²) >= 11 is 0.